The molecule has 0 saturated carbocycles. The molecule has 0 unspecified atom stereocenters. The number of hydrogen-bond acceptors (Lipinski definition) is 5. The Kier molecular flexibility index (Phi) is 14.2. The summed E-state index contributed by atoms with van der Waals surface area (Å²) in [5.74, 6) is -0.347. The van der Waals surface area contributed by atoms with Gasteiger partial charge in [0, 0.05) is 5.57 Å². The standard InChI is InChI=1S/C5H8O2.Cu.NO3/c1-4(2)5(6)7-3;;2-1(3)4/h1H2,2-3H3;;/q;+1;-1. The molecule has 12 heavy (non-hydrogen) atoms. The summed E-state index contributed by atoms with van der Waals surface area (Å²) in [5.41, 5.74) is 0.433. The Morgan fingerprint density at radius 3 is 1.75 bits per heavy atom. The van der Waals surface area contributed by atoms with Gasteiger partial charge in [0.2, 0.25) is 0 Å². The van der Waals surface area contributed by atoms with Crippen LogP contribution in [0.1, 0.15) is 6.92 Å². The van der Waals surface area contributed by atoms with Gasteiger partial charge in [0.25, 0.3) is 0 Å². The van der Waals surface area contributed by atoms with Crippen LogP contribution >= 0.6 is 0 Å². The van der Waals surface area contributed by atoms with E-state index in [0.717, 1.165) is 0 Å². The molecule has 0 rings (SSSR count). The average Bonchev–Trinajstić information content (AvgIpc) is 1.85. The Hall–Kier alpha value is -1.07. The number of hydrogen-bond donors (Lipinski definition) is 0. The first-order chi connectivity index (χ1) is 4.91. The summed E-state index contributed by atoms with van der Waals surface area (Å²) >= 11 is 0. The molecule has 0 atom stereocenters. The molecule has 74 valence electrons. The molecule has 0 N–H and O–H groups in total. The number of methoxy groups -OCH3 is 1. The average molecular weight is 226 g/mol. The van der Waals surface area contributed by atoms with Crippen molar-refractivity contribution >= 4 is 5.97 Å². The van der Waals surface area contributed by atoms with Gasteiger partial charge in [-0.05, 0) is 6.92 Å². The van der Waals surface area contributed by atoms with E-state index in [1.54, 1.807) is 6.92 Å². The van der Waals surface area contributed by atoms with Crippen molar-refractivity contribution in [1.82, 2.24) is 0 Å². The maximum Gasteiger partial charge on any atom is 1.00 e. The van der Waals surface area contributed by atoms with Crippen molar-refractivity contribution in [3.63, 3.8) is 0 Å². The maximum absolute atomic E-state index is 10.2. The van der Waals surface area contributed by atoms with Gasteiger partial charge in [0.15, 0.2) is 0 Å². The summed E-state index contributed by atoms with van der Waals surface area (Å²) in [5, 5.41) is 14.8. The third-order valence-electron chi connectivity index (χ3n) is 0.534. The first kappa shape index (κ1) is 17.1. The number of carbonyl (C=O) groups is 1. The molecule has 0 aromatic heterocycles. The van der Waals surface area contributed by atoms with Crippen LogP contribution in [0.5, 0.6) is 0 Å². The summed E-state index contributed by atoms with van der Waals surface area (Å²) in [6, 6.07) is 0. The van der Waals surface area contributed by atoms with E-state index in [-0.39, 0.29) is 23.0 Å². The molecule has 0 aliphatic carbocycles. The van der Waals surface area contributed by atoms with E-state index in [0.29, 0.717) is 5.57 Å². The summed E-state index contributed by atoms with van der Waals surface area (Å²) in [4.78, 5) is 18.4. The molecule has 0 aliphatic rings. The minimum Gasteiger partial charge on any atom is -0.466 e. The van der Waals surface area contributed by atoms with Gasteiger partial charge in [-0.3, -0.25) is 0 Å². The van der Waals surface area contributed by atoms with Crippen molar-refractivity contribution in [1.29, 1.82) is 0 Å². The predicted octanol–water partition coefficient (Wildman–Crippen LogP) is 0.494. The monoisotopic (exact) mass is 225 g/mol. The van der Waals surface area contributed by atoms with Crippen molar-refractivity contribution in [2.45, 2.75) is 6.92 Å². The molecular weight excluding hydrogens is 218 g/mol. The third-order valence-corrected chi connectivity index (χ3v) is 0.534. The molecule has 0 bridgehead atoms. The Balaban J connectivity index is -0.000000142. The molecule has 0 aliphatic heterocycles. The predicted molar refractivity (Wildman–Crippen MR) is 37.2 cm³/mol. The Morgan fingerprint density at radius 1 is 1.50 bits per heavy atom. The van der Waals surface area contributed by atoms with Crippen LogP contribution in [-0.2, 0) is 26.6 Å². The Morgan fingerprint density at radius 2 is 1.75 bits per heavy atom. The van der Waals surface area contributed by atoms with E-state index in [1.807, 2.05) is 0 Å². The molecular formula is C5H8CuNO5. The topological polar surface area (TPSA) is 92.5 Å². The number of ether oxygens (including phenoxy) is 1. The van der Waals surface area contributed by atoms with Crippen LogP contribution in [0, 0.1) is 15.3 Å². The molecule has 6 nitrogen and oxygen atoms in total. The summed E-state index contributed by atoms with van der Waals surface area (Å²) < 4.78 is 4.27. The second kappa shape index (κ2) is 9.93. The van der Waals surface area contributed by atoms with Gasteiger partial charge in [0.05, 0.1) is 12.2 Å². The van der Waals surface area contributed by atoms with Gasteiger partial charge in [-0.25, -0.2) is 4.79 Å². The normalized spacial score (nSPS) is 6.50. The van der Waals surface area contributed by atoms with Gasteiger partial charge in [-0.15, -0.1) is 0 Å². The summed E-state index contributed by atoms with van der Waals surface area (Å²) in [6.45, 7) is 4.95. The van der Waals surface area contributed by atoms with Gasteiger partial charge in [0.1, 0.15) is 0 Å². The number of esters is 1. The minimum atomic E-state index is -1.75. The zero-order valence-electron chi connectivity index (χ0n) is 6.50. The first-order valence-electron chi connectivity index (χ1n) is 2.47. The van der Waals surface area contributed by atoms with Gasteiger partial charge in [-0.1, -0.05) is 6.58 Å². The van der Waals surface area contributed by atoms with Crippen molar-refractivity contribution in [2.24, 2.45) is 0 Å². The quantitative estimate of drug-likeness (QED) is 0.213. The zero-order valence-corrected chi connectivity index (χ0v) is 7.44. The van der Waals surface area contributed by atoms with Crippen molar-refractivity contribution < 1.29 is 31.7 Å². The van der Waals surface area contributed by atoms with E-state index >= 15 is 0 Å². The van der Waals surface area contributed by atoms with Crippen LogP contribution in [0.4, 0.5) is 0 Å². The smallest absolute Gasteiger partial charge is 0.466 e. The Bertz CT molecular complexity index is 165. The first-order valence-corrected chi connectivity index (χ1v) is 2.47. The largest absolute Gasteiger partial charge is 1.00 e. The molecule has 0 spiro atoms. The van der Waals surface area contributed by atoms with E-state index in [1.165, 1.54) is 7.11 Å². The number of rotatable bonds is 1. The SMILES string of the molecule is C=C(C)C(=O)OC.O=[N+]([O-])[O-].[Cu+]. The molecule has 0 radical (unpaired) electrons. The van der Waals surface area contributed by atoms with Gasteiger partial charge >= 0.3 is 23.0 Å². The molecule has 0 amide bonds. The third kappa shape index (κ3) is 23.1. The summed E-state index contributed by atoms with van der Waals surface area (Å²) in [7, 11) is 1.33. The zero-order chi connectivity index (χ0) is 9.44. The second-order valence-corrected chi connectivity index (χ2v) is 1.50. The van der Waals surface area contributed by atoms with Gasteiger partial charge < -0.3 is 20.1 Å². The number of nitrogens with zero attached hydrogens (tertiary/aromatic N) is 1. The fourth-order valence-electron chi connectivity index (χ4n) is 0.174. The van der Waals surface area contributed by atoms with E-state index in [9.17, 15) is 4.79 Å². The van der Waals surface area contributed by atoms with Crippen LogP contribution in [0.3, 0.4) is 0 Å². The molecule has 0 aromatic rings. The van der Waals surface area contributed by atoms with E-state index in [2.05, 4.69) is 11.3 Å². The molecule has 0 fully saturated rings. The second-order valence-electron chi connectivity index (χ2n) is 1.50. The minimum absolute atomic E-state index is 0. The fourth-order valence-corrected chi connectivity index (χ4v) is 0.174. The Labute approximate surface area is 79.8 Å². The maximum atomic E-state index is 10.2. The number of carbonyl (C=O) groups excluding carboxylic acids is 1. The van der Waals surface area contributed by atoms with E-state index < -0.39 is 5.09 Å². The molecule has 0 heterocycles. The van der Waals surface area contributed by atoms with Crippen molar-refractivity contribution in [3.05, 3.63) is 27.5 Å². The van der Waals surface area contributed by atoms with Crippen molar-refractivity contribution in [3.8, 4) is 0 Å². The fraction of sp³-hybridized carbons (Fsp3) is 0.400. The molecule has 0 saturated heterocycles. The van der Waals surface area contributed by atoms with Crippen LogP contribution in [0.2, 0.25) is 0 Å². The van der Waals surface area contributed by atoms with Crippen molar-refractivity contribution in [2.75, 3.05) is 7.11 Å². The van der Waals surface area contributed by atoms with Crippen LogP contribution in [-0.4, -0.2) is 18.2 Å². The van der Waals surface area contributed by atoms with Gasteiger partial charge in [-0.2, -0.15) is 0 Å². The molecule has 7 heteroatoms. The van der Waals surface area contributed by atoms with Crippen LogP contribution < -0.4 is 0 Å². The van der Waals surface area contributed by atoms with Crippen LogP contribution in [0.15, 0.2) is 12.2 Å². The van der Waals surface area contributed by atoms with Crippen LogP contribution in [0.25, 0.3) is 0 Å². The summed E-state index contributed by atoms with van der Waals surface area (Å²) in [6.07, 6.45) is 0. The van der Waals surface area contributed by atoms with E-state index in [4.69, 9.17) is 15.3 Å². The molecule has 0 aromatic carbocycles.